The van der Waals surface area contributed by atoms with Crippen molar-refractivity contribution in [2.75, 3.05) is 32.7 Å². The van der Waals surface area contributed by atoms with Crippen LogP contribution in [0.5, 0.6) is 0 Å². The van der Waals surface area contributed by atoms with Crippen LogP contribution < -0.4 is 10.6 Å². The SMILES string of the molecule is NC(=O)C[NH+]1CCN(S(=O)(=O)c2ccc(C3CCCCC3)cc2)CC1. The average Bonchev–Trinajstić information content (AvgIpc) is 2.62. The van der Waals surface area contributed by atoms with E-state index in [9.17, 15) is 13.2 Å². The lowest BCUT2D eigenvalue weighted by atomic mass is 9.84. The fraction of sp³-hybridized carbons (Fsp3) is 0.611. The number of piperazine rings is 1. The summed E-state index contributed by atoms with van der Waals surface area (Å²) in [6.07, 6.45) is 6.26. The van der Waals surface area contributed by atoms with Gasteiger partial charge in [0.05, 0.1) is 31.1 Å². The van der Waals surface area contributed by atoms with Crippen LogP contribution in [0.2, 0.25) is 0 Å². The van der Waals surface area contributed by atoms with E-state index in [1.807, 2.05) is 12.1 Å². The maximum atomic E-state index is 12.8. The molecule has 0 unspecified atom stereocenters. The number of carbonyl (C=O) groups is 1. The third-order valence-corrected chi connectivity index (χ3v) is 7.36. The first kappa shape index (κ1) is 18.4. The number of nitrogens with zero attached hydrogens (tertiary/aromatic N) is 1. The highest BCUT2D eigenvalue weighted by molar-refractivity contribution is 7.89. The van der Waals surface area contributed by atoms with Crippen LogP contribution in [0.15, 0.2) is 29.2 Å². The van der Waals surface area contributed by atoms with Crippen LogP contribution in [-0.4, -0.2) is 51.4 Å². The molecule has 1 heterocycles. The van der Waals surface area contributed by atoms with Crippen molar-refractivity contribution in [2.24, 2.45) is 5.73 Å². The molecule has 0 aromatic heterocycles. The van der Waals surface area contributed by atoms with Crippen molar-refractivity contribution < 1.29 is 18.1 Å². The van der Waals surface area contributed by atoms with Crippen LogP contribution >= 0.6 is 0 Å². The van der Waals surface area contributed by atoms with Crippen LogP contribution in [0.3, 0.4) is 0 Å². The number of hydrogen-bond donors (Lipinski definition) is 2. The molecule has 1 aromatic rings. The standard InChI is InChI=1S/C18H27N3O3S/c19-18(22)14-20-10-12-21(13-11-20)25(23,24)17-8-6-16(7-9-17)15-4-2-1-3-5-15/h6-9,15H,1-5,10-14H2,(H2,19,22)/p+1. The third-order valence-electron chi connectivity index (χ3n) is 5.45. The van der Waals surface area contributed by atoms with E-state index in [2.05, 4.69) is 0 Å². The highest BCUT2D eigenvalue weighted by atomic mass is 32.2. The molecule has 2 fully saturated rings. The molecule has 6 nitrogen and oxygen atoms in total. The van der Waals surface area contributed by atoms with E-state index in [4.69, 9.17) is 5.73 Å². The average molecular weight is 367 g/mol. The van der Waals surface area contributed by atoms with E-state index >= 15 is 0 Å². The summed E-state index contributed by atoms with van der Waals surface area (Å²) in [6, 6.07) is 7.47. The minimum atomic E-state index is -3.46. The molecule has 1 aromatic carbocycles. The second-order valence-corrected chi connectivity index (χ2v) is 9.14. The van der Waals surface area contributed by atoms with E-state index < -0.39 is 10.0 Å². The van der Waals surface area contributed by atoms with Crippen molar-refractivity contribution in [2.45, 2.75) is 42.9 Å². The molecule has 1 aliphatic carbocycles. The van der Waals surface area contributed by atoms with Crippen molar-refractivity contribution in [3.05, 3.63) is 29.8 Å². The lowest BCUT2D eigenvalue weighted by molar-refractivity contribution is -0.895. The fourth-order valence-electron chi connectivity index (χ4n) is 3.96. The number of hydrogen-bond acceptors (Lipinski definition) is 3. The van der Waals surface area contributed by atoms with Gasteiger partial charge in [-0.1, -0.05) is 31.4 Å². The molecular weight excluding hydrogens is 338 g/mol. The number of quaternary nitrogens is 1. The van der Waals surface area contributed by atoms with E-state index in [0.29, 0.717) is 37.0 Å². The fourth-order valence-corrected chi connectivity index (χ4v) is 5.40. The van der Waals surface area contributed by atoms with Crippen LogP contribution in [0.1, 0.15) is 43.6 Å². The van der Waals surface area contributed by atoms with Gasteiger partial charge in [0.1, 0.15) is 0 Å². The number of carbonyl (C=O) groups excluding carboxylic acids is 1. The van der Waals surface area contributed by atoms with E-state index in [1.54, 1.807) is 12.1 Å². The second-order valence-electron chi connectivity index (χ2n) is 7.20. The van der Waals surface area contributed by atoms with E-state index in [-0.39, 0.29) is 12.5 Å². The topological polar surface area (TPSA) is 84.9 Å². The predicted octanol–water partition coefficient (Wildman–Crippen LogP) is 0.109. The zero-order valence-corrected chi connectivity index (χ0v) is 15.4. The lowest BCUT2D eigenvalue weighted by Gasteiger charge is -2.31. The molecule has 0 atom stereocenters. The van der Waals surface area contributed by atoms with Crippen molar-refractivity contribution in [1.29, 1.82) is 0 Å². The molecule has 0 bridgehead atoms. The summed E-state index contributed by atoms with van der Waals surface area (Å²) in [4.78, 5) is 12.4. The Bertz CT molecular complexity index is 689. The Labute approximate surface area is 150 Å². The number of amides is 1. The Balaban J connectivity index is 1.65. The van der Waals surface area contributed by atoms with Crippen molar-refractivity contribution in [3.8, 4) is 0 Å². The molecule has 1 saturated carbocycles. The van der Waals surface area contributed by atoms with Crippen molar-refractivity contribution in [3.63, 3.8) is 0 Å². The zero-order valence-electron chi connectivity index (χ0n) is 14.6. The Morgan fingerprint density at radius 2 is 1.68 bits per heavy atom. The Morgan fingerprint density at radius 1 is 1.08 bits per heavy atom. The van der Waals surface area contributed by atoms with Crippen LogP contribution in [0.25, 0.3) is 0 Å². The second kappa shape index (κ2) is 7.85. The molecule has 2 aliphatic rings. The third kappa shape index (κ3) is 4.40. The monoisotopic (exact) mass is 366 g/mol. The summed E-state index contributed by atoms with van der Waals surface area (Å²) in [7, 11) is -3.46. The molecule has 0 radical (unpaired) electrons. The molecule has 1 amide bonds. The van der Waals surface area contributed by atoms with Gasteiger partial charge in [-0.3, -0.25) is 4.79 Å². The Hall–Kier alpha value is -1.44. The van der Waals surface area contributed by atoms with Gasteiger partial charge in [-0.15, -0.1) is 0 Å². The van der Waals surface area contributed by atoms with Gasteiger partial charge in [0.25, 0.3) is 5.91 Å². The van der Waals surface area contributed by atoms with Crippen molar-refractivity contribution in [1.82, 2.24) is 4.31 Å². The van der Waals surface area contributed by atoms with Crippen LogP contribution in [0, 0.1) is 0 Å². The lowest BCUT2D eigenvalue weighted by Crippen LogP contribution is -3.15. The summed E-state index contributed by atoms with van der Waals surface area (Å²) in [5.41, 5.74) is 6.48. The molecule has 138 valence electrons. The quantitative estimate of drug-likeness (QED) is 0.776. The highest BCUT2D eigenvalue weighted by Crippen LogP contribution is 2.33. The van der Waals surface area contributed by atoms with Crippen molar-refractivity contribution >= 4 is 15.9 Å². The van der Waals surface area contributed by atoms with Gasteiger partial charge in [0, 0.05) is 0 Å². The van der Waals surface area contributed by atoms with Crippen LogP contribution in [0.4, 0.5) is 0 Å². The highest BCUT2D eigenvalue weighted by Gasteiger charge is 2.31. The predicted molar refractivity (Wildman–Crippen MR) is 95.8 cm³/mol. The molecule has 0 spiro atoms. The maximum Gasteiger partial charge on any atom is 0.272 e. The smallest absolute Gasteiger partial charge is 0.272 e. The summed E-state index contributed by atoms with van der Waals surface area (Å²) in [5, 5.41) is 0. The van der Waals surface area contributed by atoms with Crippen LogP contribution in [-0.2, 0) is 14.8 Å². The summed E-state index contributed by atoms with van der Waals surface area (Å²) in [6.45, 7) is 2.35. The first-order valence-electron chi connectivity index (χ1n) is 9.19. The molecule has 1 aliphatic heterocycles. The van der Waals surface area contributed by atoms with Gasteiger partial charge in [0.2, 0.25) is 10.0 Å². The Kier molecular flexibility index (Phi) is 5.76. The number of benzene rings is 1. The van der Waals surface area contributed by atoms with E-state index in [1.165, 1.54) is 42.0 Å². The van der Waals surface area contributed by atoms with Gasteiger partial charge in [0.15, 0.2) is 6.54 Å². The first-order chi connectivity index (χ1) is 12.0. The Morgan fingerprint density at radius 3 is 2.24 bits per heavy atom. The van der Waals surface area contributed by atoms with Gasteiger partial charge < -0.3 is 10.6 Å². The van der Waals surface area contributed by atoms with Gasteiger partial charge in [-0.25, -0.2) is 8.42 Å². The molecule has 3 rings (SSSR count). The summed E-state index contributed by atoms with van der Waals surface area (Å²) in [5.74, 6) is 0.232. The molecular formula is C18H28N3O3S+. The molecule has 7 heteroatoms. The number of rotatable bonds is 5. The molecule has 3 N–H and O–H groups in total. The minimum absolute atomic E-state index is 0.268. The summed E-state index contributed by atoms with van der Waals surface area (Å²) < 4.78 is 27.2. The molecule has 1 saturated heterocycles. The normalized spacial score (nSPS) is 21.3. The van der Waals surface area contributed by atoms with Gasteiger partial charge >= 0.3 is 0 Å². The number of sulfonamides is 1. The van der Waals surface area contributed by atoms with Gasteiger partial charge in [-0.2, -0.15) is 4.31 Å². The zero-order chi connectivity index (χ0) is 17.9. The first-order valence-corrected chi connectivity index (χ1v) is 10.6. The number of primary amides is 1. The van der Waals surface area contributed by atoms with Gasteiger partial charge in [-0.05, 0) is 36.5 Å². The largest absolute Gasteiger partial charge is 0.365 e. The minimum Gasteiger partial charge on any atom is -0.365 e. The number of nitrogens with two attached hydrogens (primary N) is 1. The summed E-state index contributed by atoms with van der Waals surface area (Å²) >= 11 is 0. The van der Waals surface area contributed by atoms with E-state index in [0.717, 1.165) is 4.90 Å². The maximum absolute atomic E-state index is 12.8. The molecule has 25 heavy (non-hydrogen) atoms. The number of nitrogens with one attached hydrogen (secondary N) is 1.